The lowest BCUT2D eigenvalue weighted by Crippen LogP contribution is -2.55. The van der Waals surface area contributed by atoms with Crippen molar-refractivity contribution >= 4 is 5.69 Å². The summed E-state index contributed by atoms with van der Waals surface area (Å²) in [5.74, 6) is 0.809. The molecular formula is C16H25N3O. The number of piperazine rings is 1. The number of ether oxygens (including phenoxy) is 1. The van der Waals surface area contributed by atoms with Gasteiger partial charge in [0.15, 0.2) is 0 Å². The lowest BCUT2D eigenvalue weighted by atomic mass is 9.99. The molecule has 0 aromatic heterocycles. The molecule has 1 atom stereocenters. The molecule has 0 bridgehead atoms. The quantitative estimate of drug-likeness (QED) is 0.851. The molecule has 0 saturated carbocycles. The van der Waals surface area contributed by atoms with Crippen molar-refractivity contribution in [3.05, 3.63) is 24.3 Å². The van der Waals surface area contributed by atoms with Crippen LogP contribution >= 0.6 is 0 Å². The molecule has 2 aliphatic rings. The maximum absolute atomic E-state index is 5.88. The maximum atomic E-state index is 5.88. The van der Waals surface area contributed by atoms with Gasteiger partial charge in [-0.15, -0.1) is 0 Å². The zero-order valence-corrected chi connectivity index (χ0v) is 12.1. The van der Waals surface area contributed by atoms with E-state index in [2.05, 4.69) is 9.80 Å². The summed E-state index contributed by atoms with van der Waals surface area (Å²) < 4.78 is 5.80. The van der Waals surface area contributed by atoms with Crippen LogP contribution in [0.1, 0.15) is 19.3 Å². The first-order valence-electron chi connectivity index (χ1n) is 7.76. The molecule has 2 fully saturated rings. The Morgan fingerprint density at radius 3 is 2.95 bits per heavy atom. The molecule has 20 heavy (non-hydrogen) atoms. The van der Waals surface area contributed by atoms with Gasteiger partial charge < -0.3 is 10.5 Å². The third-order valence-corrected chi connectivity index (χ3v) is 4.51. The van der Waals surface area contributed by atoms with Crippen molar-refractivity contribution in [2.75, 3.05) is 45.1 Å². The highest BCUT2D eigenvalue weighted by Crippen LogP contribution is 2.22. The van der Waals surface area contributed by atoms with Gasteiger partial charge in [-0.3, -0.25) is 9.80 Å². The van der Waals surface area contributed by atoms with E-state index in [1.165, 1.54) is 45.4 Å². The highest BCUT2D eigenvalue weighted by Gasteiger charge is 2.28. The van der Waals surface area contributed by atoms with E-state index >= 15 is 0 Å². The number of para-hydroxylation sites is 2. The summed E-state index contributed by atoms with van der Waals surface area (Å²) in [5.41, 5.74) is 6.61. The molecule has 0 aliphatic carbocycles. The van der Waals surface area contributed by atoms with E-state index in [1.54, 1.807) is 0 Å². The van der Waals surface area contributed by atoms with Crippen LogP contribution < -0.4 is 10.5 Å². The molecule has 1 aromatic carbocycles. The second-order valence-corrected chi connectivity index (χ2v) is 5.87. The second-order valence-electron chi connectivity index (χ2n) is 5.87. The molecule has 2 saturated heterocycles. The lowest BCUT2D eigenvalue weighted by molar-refractivity contribution is 0.0433. The number of nitrogens with zero attached hydrogens (tertiary/aromatic N) is 2. The van der Waals surface area contributed by atoms with Crippen molar-refractivity contribution in [2.45, 2.75) is 25.3 Å². The second kappa shape index (κ2) is 6.46. The Kier molecular flexibility index (Phi) is 4.43. The van der Waals surface area contributed by atoms with E-state index in [-0.39, 0.29) is 0 Å². The van der Waals surface area contributed by atoms with Gasteiger partial charge in [0.05, 0.1) is 5.69 Å². The van der Waals surface area contributed by atoms with E-state index in [0.29, 0.717) is 0 Å². The van der Waals surface area contributed by atoms with Gasteiger partial charge >= 0.3 is 0 Å². The number of hydrogen-bond acceptors (Lipinski definition) is 4. The van der Waals surface area contributed by atoms with Crippen LogP contribution in [-0.2, 0) is 0 Å². The minimum atomic E-state index is 0.723. The average Bonchev–Trinajstić information content (AvgIpc) is 2.49. The Morgan fingerprint density at radius 1 is 1.15 bits per heavy atom. The predicted molar refractivity (Wildman–Crippen MR) is 82.0 cm³/mol. The third kappa shape index (κ3) is 3.25. The van der Waals surface area contributed by atoms with Gasteiger partial charge in [-0.1, -0.05) is 18.6 Å². The summed E-state index contributed by atoms with van der Waals surface area (Å²) in [6, 6.07) is 8.50. The van der Waals surface area contributed by atoms with Crippen LogP contribution in [0.5, 0.6) is 5.75 Å². The largest absolute Gasteiger partial charge is 0.490 e. The highest BCUT2D eigenvalue weighted by molar-refractivity contribution is 5.51. The first-order chi connectivity index (χ1) is 9.83. The van der Waals surface area contributed by atoms with Gasteiger partial charge in [0.1, 0.15) is 12.4 Å². The molecule has 2 N–H and O–H groups in total. The summed E-state index contributed by atoms with van der Waals surface area (Å²) in [6.07, 6.45) is 4.14. The number of benzene rings is 1. The standard InChI is InChI=1S/C16H25N3O/c17-15-6-1-2-7-16(15)20-12-11-18-9-10-19-8-4-3-5-14(19)13-18/h1-2,6-7,14H,3-5,8-13,17H2. The molecule has 0 spiro atoms. The molecule has 4 nitrogen and oxygen atoms in total. The van der Waals surface area contributed by atoms with Crippen LogP contribution in [0.3, 0.4) is 0 Å². The van der Waals surface area contributed by atoms with Crippen molar-refractivity contribution in [3.63, 3.8) is 0 Å². The number of hydrogen-bond donors (Lipinski definition) is 1. The van der Waals surface area contributed by atoms with E-state index in [9.17, 15) is 0 Å². The number of fused-ring (bicyclic) bond motifs is 1. The van der Waals surface area contributed by atoms with Crippen LogP contribution in [0.2, 0.25) is 0 Å². The van der Waals surface area contributed by atoms with Crippen LogP contribution in [0.15, 0.2) is 24.3 Å². The minimum absolute atomic E-state index is 0.723. The summed E-state index contributed by atoms with van der Waals surface area (Å²) in [5, 5.41) is 0. The Balaban J connectivity index is 1.44. The number of nitrogen functional groups attached to an aromatic ring is 1. The van der Waals surface area contributed by atoms with Gasteiger partial charge in [-0.2, -0.15) is 0 Å². The number of piperidine rings is 1. The monoisotopic (exact) mass is 275 g/mol. The fraction of sp³-hybridized carbons (Fsp3) is 0.625. The Bertz CT molecular complexity index is 437. The van der Waals surface area contributed by atoms with Gasteiger partial charge in [0.2, 0.25) is 0 Å². The number of anilines is 1. The van der Waals surface area contributed by atoms with Gasteiger partial charge in [-0.05, 0) is 31.5 Å². The van der Waals surface area contributed by atoms with Crippen molar-refractivity contribution in [1.29, 1.82) is 0 Å². The molecular weight excluding hydrogens is 250 g/mol. The zero-order valence-electron chi connectivity index (χ0n) is 12.1. The molecule has 0 amide bonds. The Hall–Kier alpha value is -1.26. The molecule has 0 radical (unpaired) electrons. The van der Waals surface area contributed by atoms with Crippen LogP contribution in [-0.4, -0.2) is 55.2 Å². The minimum Gasteiger partial charge on any atom is -0.490 e. The fourth-order valence-corrected chi connectivity index (χ4v) is 3.32. The van der Waals surface area contributed by atoms with E-state index in [0.717, 1.165) is 30.6 Å². The Labute approximate surface area is 121 Å². The highest BCUT2D eigenvalue weighted by atomic mass is 16.5. The summed E-state index contributed by atoms with van der Waals surface area (Å²) >= 11 is 0. The van der Waals surface area contributed by atoms with Crippen molar-refractivity contribution < 1.29 is 4.74 Å². The first kappa shape index (κ1) is 13.7. The van der Waals surface area contributed by atoms with Gasteiger partial charge in [0, 0.05) is 32.2 Å². The molecule has 1 aromatic rings. The number of rotatable bonds is 4. The predicted octanol–water partition coefficient (Wildman–Crippen LogP) is 1.82. The SMILES string of the molecule is Nc1ccccc1OCCN1CCN2CCCCC2C1. The molecule has 3 rings (SSSR count). The molecule has 4 heteroatoms. The lowest BCUT2D eigenvalue weighted by Gasteiger charge is -2.44. The summed E-state index contributed by atoms with van der Waals surface area (Å²) in [4.78, 5) is 5.20. The van der Waals surface area contributed by atoms with Crippen LogP contribution in [0.4, 0.5) is 5.69 Å². The van der Waals surface area contributed by atoms with Gasteiger partial charge in [-0.25, -0.2) is 0 Å². The summed E-state index contributed by atoms with van der Waals surface area (Å²) in [6.45, 7) is 6.62. The van der Waals surface area contributed by atoms with Crippen LogP contribution in [0, 0.1) is 0 Å². The number of nitrogens with two attached hydrogens (primary N) is 1. The molecule has 110 valence electrons. The third-order valence-electron chi connectivity index (χ3n) is 4.51. The summed E-state index contributed by atoms with van der Waals surface area (Å²) in [7, 11) is 0. The smallest absolute Gasteiger partial charge is 0.142 e. The van der Waals surface area contributed by atoms with Gasteiger partial charge in [0.25, 0.3) is 0 Å². The Morgan fingerprint density at radius 2 is 2.05 bits per heavy atom. The van der Waals surface area contributed by atoms with E-state index in [1.807, 2.05) is 24.3 Å². The normalized spacial score (nSPS) is 24.3. The molecule has 1 unspecified atom stereocenters. The van der Waals surface area contributed by atoms with Crippen molar-refractivity contribution in [3.8, 4) is 5.75 Å². The van der Waals surface area contributed by atoms with E-state index in [4.69, 9.17) is 10.5 Å². The zero-order chi connectivity index (χ0) is 13.8. The average molecular weight is 275 g/mol. The topological polar surface area (TPSA) is 41.7 Å². The maximum Gasteiger partial charge on any atom is 0.142 e. The van der Waals surface area contributed by atoms with Crippen molar-refractivity contribution in [1.82, 2.24) is 9.80 Å². The van der Waals surface area contributed by atoms with E-state index < -0.39 is 0 Å². The fourth-order valence-electron chi connectivity index (χ4n) is 3.32. The van der Waals surface area contributed by atoms with Crippen LogP contribution in [0.25, 0.3) is 0 Å². The molecule has 2 aliphatic heterocycles. The van der Waals surface area contributed by atoms with Crippen molar-refractivity contribution in [2.24, 2.45) is 0 Å². The molecule has 2 heterocycles. The first-order valence-corrected chi connectivity index (χ1v) is 7.76.